The number of amides is 1. The number of thiazole rings is 1. The van der Waals surface area contributed by atoms with E-state index in [1.807, 2.05) is 6.92 Å². The molecule has 0 saturated heterocycles. The number of hydrogen-bond acceptors (Lipinski definition) is 3. The lowest BCUT2D eigenvalue weighted by Gasteiger charge is -2.04. The van der Waals surface area contributed by atoms with E-state index in [2.05, 4.69) is 26.2 Å². The molecule has 1 atom stereocenters. The number of rotatable bonds is 3. The van der Waals surface area contributed by atoms with E-state index in [-0.39, 0.29) is 21.4 Å². The number of carbonyl (C=O) groups is 1. The Morgan fingerprint density at radius 2 is 2.28 bits per heavy atom. The molecule has 96 valence electrons. The minimum atomic E-state index is -0.729. The first-order valence-electron chi connectivity index (χ1n) is 5.21. The Morgan fingerprint density at radius 1 is 1.56 bits per heavy atom. The van der Waals surface area contributed by atoms with Crippen LogP contribution >= 0.6 is 27.3 Å². The second kappa shape index (κ2) is 5.27. The number of aromatic nitrogens is 1. The average Bonchev–Trinajstić information content (AvgIpc) is 2.70. The van der Waals surface area contributed by atoms with Crippen LogP contribution in [0.2, 0.25) is 0 Å². The van der Waals surface area contributed by atoms with Gasteiger partial charge in [-0.2, -0.15) is 0 Å². The van der Waals surface area contributed by atoms with Crippen LogP contribution in [-0.4, -0.2) is 15.7 Å². The van der Waals surface area contributed by atoms with Gasteiger partial charge in [-0.05, 0) is 12.5 Å². The van der Waals surface area contributed by atoms with Crippen LogP contribution in [-0.2, 0) is 4.79 Å². The lowest BCUT2D eigenvalue weighted by molar-refractivity contribution is -0.115. The largest absolute Gasteiger partial charge is 0.301 e. The Morgan fingerprint density at radius 3 is 2.94 bits per heavy atom. The standard InChI is InChI=1S/C11H9BrF2N2OS/c1-2-6(12)10(17)16-11-15-9-7(14)3-5(13)4-8(9)18-11/h3-4,6H,2H2,1H3,(H,15,16,17). The number of anilines is 1. The van der Waals surface area contributed by atoms with E-state index in [0.717, 1.165) is 17.4 Å². The van der Waals surface area contributed by atoms with Crippen LogP contribution in [0.5, 0.6) is 0 Å². The summed E-state index contributed by atoms with van der Waals surface area (Å²) < 4.78 is 26.8. The minimum Gasteiger partial charge on any atom is -0.301 e. The van der Waals surface area contributed by atoms with Crippen LogP contribution in [0.15, 0.2) is 12.1 Å². The van der Waals surface area contributed by atoms with Crippen molar-refractivity contribution in [1.82, 2.24) is 4.98 Å². The van der Waals surface area contributed by atoms with Gasteiger partial charge in [-0.3, -0.25) is 4.79 Å². The van der Waals surface area contributed by atoms with Gasteiger partial charge in [0.2, 0.25) is 5.91 Å². The summed E-state index contributed by atoms with van der Waals surface area (Å²) in [6.45, 7) is 1.85. The molecule has 1 amide bonds. The molecule has 0 aliphatic carbocycles. The SMILES string of the molecule is CCC(Br)C(=O)Nc1nc2c(F)cc(F)cc2s1. The second-order valence-electron chi connectivity index (χ2n) is 3.62. The maximum atomic E-state index is 13.4. The maximum absolute atomic E-state index is 13.4. The Hall–Kier alpha value is -1.08. The highest BCUT2D eigenvalue weighted by Gasteiger charge is 2.16. The number of benzene rings is 1. The molecule has 2 aromatic rings. The Bertz CT molecular complexity index is 602. The summed E-state index contributed by atoms with van der Waals surface area (Å²) in [4.78, 5) is 15.2. The molecule has 18 heavy (non-hydrogen) atoms. The van der Waals surface area contributed by atoms with Gasteiger partial charge in [0.15, 0.2) is 10.9 Å². The third-order valence-electron chi connectivity index (χ3n) is 2.29. The zero-order valence-corrected chi connectivity index (χ0v) is 11.7. The molecule has 0 spiro atoms. The van der Waals surface area contributed by atoms with E-state index in [4.69, 9.17) is 0 Å². The number of halogens is 3. The summed E-state index contributed by atoms with van der Waals surface area (Å²) in [5, 5.41) is 2.82. The quantitative estimate of drug-likeness (QED) is 0.870. The van der Waals surface area contributed by atoms with Crippen LogP contribution < -0.4 is 5.32 Å². The second-order valence-corrected chi connectivity index (χ2v) is 5.75. The molecule has 1 N–H and O–H groups in total. The van der Waals surface area contributed by atoms with Gasteiger partial charge in [-0.15, -0.1) is 0 Å². The van der Waals surface area contributed by atoms with Crippen molar-refractivity contribution in [3.05, 3.63) is 23.8 Å². The lowest BCUT2D eigenvalue weighted by atomic mass is 10.3. The molecule has 2 rings (SSSR count). The van der Waals surface area contributed by atoms with Crippen LogP contribution in [0.1, 0.15) is 13.3 Å². The highest BCUT2D eigenvalue weighted by molar-refractivity contribution is 9.10. The van der Waals surface area contributed by atoms with Gasteiger partial charge < -0.3 is 5.32 Å². The van der Waals surface area contributed by atoms with Crippen molar-refractivity contribution in [2.75, 3.05) is 5.32 Å². The van der Waals surface area contributed by atoms with Gasteiger partial charge in [0.25, 0.3) is 0 Å². The number of carbonyl (C=O) groups excluding carboxylic acids is 1. The number of hydrogen-bond donors (Lipinski definition) is 1. The minimum absolute atomic E-state index is 0.0688. The molecule has 3 nitrogen and oxygen atoms in total. The van der Waals surface area contributed by atoms with E-state index >= 15 is 0 Å². The summed E-state index contributed by atoms with van der Waals surface area (Å²) in [6.07, 6.45) is 0.625. The molecule has 0 bridgehead atoms. The molecule has 0 aliphatic heterocycles. The van der Waals surface area contributed by atoms with Crippen LogP contribution in [0.3, 0.4) is 0 Å². The van der Waals surface area contributed by atoms with Gasteiger partial charge in [0.1, 0.15) is 11.3 Å². The molecule has 7 heteroatoms. The summed E-state index contributed by atoms with van der Waals surface area (Å²) in [6, 6.07) is 1.96. The first-order valence-corrected chi connectivity index (χ1v) is 6.95. The fourth-order valence-electron chi connectivity index (χ4n) is 1.38. The predicted molar refractivity (Wildman–Crippen MR) is 71.2 cm³/mol. The molecule has 0 saturated carbocycles. The summed E-state index contributed by atoms with van der Waals surface area (Å²) in [5.41, 5.74) is 0.0688. The van der Waals surface area contributed by atoms with Crippen LogP contribution in [0, 0.1) is 11.6 Å². The molecule has 1 heterocycles. The van der Waals surface area contributed by atoms with Crippen LogP contribution in [0.4, 0.5) is 13.9 Å². The molecular weight excluding hydrogens is 326 g/mol. The van der Waals surface area contributed by atoms with Gasteiger partial charge >= 0.3 is 0 Å². The van der Waals surface area contributed by atoms with Crippen molar-refractivity contribution in [2.45, 2.75) is 18.2 Å². The zero-order valence-electron chi connectivity index (χ0n) is 9.34. The highest BCUT2D eigenvalue weighted by atomic mass is 79.9. The number of nitrogens with one attached hydrogen (secondary N) is 1. The monoisotopic (exact) mass is 334 g/mol. The fourth-order valence-corrected chi connectivity index (χ4v) is 2.40. The maximum Gasteiger partial charge on any atom is 0.239 e. The van der Waals surface area contributed by atoms with Crippen LogP contribution in [0.25, 0.3) is 10.2 Å². The van der Waals surface area contributed by atoms with E-state index < -0.39 is 11.6 Å². The van der Waals surface area contributed by atoms with Crippen molar-refractivity contribution < 1.29 is 13.6 Å². The molecule has 0 radical (unpaired) electrons. The highest BCUT2D eigenvalue weighted by Crippen LogP contribution is 2.29. The normalized spacial score (nSPS) is 12.7. The van der Waals surface area contributed by atoms with Crippen molar-refractivity contribution in [3.63, 3.8) is 0 Å². The topological polar surface area (TPSA) is 42.0 Å². The average molecular weight is 335 g/mol. The Labute approximate surface area is 114 Å². The summed E-state index contributed by atoms with van der Waals surface area (Å²) in [5.74, 6) is -1.64. The molecule has 1 aromatic carbocycles. The van der Waals surface area contributed by atoms with E-state index in [9.17, 15) is 13.6 Å². The molecule has 1 unspecified atom stereocenters. The number of fused-ring (bicyclic) bond motifs is 1. The summed E-state index contributed by atoms with van der Waals surface area (Å²) in [7, 11) is 0. The van der Waals surface area contributed by atoms with E-state index in [0.29, 0.717) is 11.1 Å². The Kier molecular flexibility index (Phi) is 3.91. The molecule has 0 fully saturated rings. The molecular formula is C11H9BrF2N2OS. The zero-order chi connectivity index (χ0) is 13.3. The third kappa shape index (κ3) is 2.67. The van der Waals surface area contributed by atoms with Crippen molar-refractivity contribution >= 4 is 48.5 Å². The first kappa shape index (κ1) is 13.4. The van der Waals surface area contributed by atoms with E-state index in [1.54, 1.807) is 0 Å². The third-order valence-corrected chi connectivity index (χ3v) is 4.27. The van der Waals surface area contributed by atoms with Gasteiger partial charge in [0, 0.05) is 6.07 Å². The van der Waals surface area contributed by atoms with Gasteiger partial charge in [0.05, 0.1) is 9.53 Å². The number of nitrogens with zero attached hydrogens (tertiary/aromatic N) is 1. The van der Waals surface area contributed by atoms with Crippen molar-refractivity contribution in [2.24, 2.45) is 0 Å². The van der Waals surface area contributed by atoms with Gasteiger partial charge in [-0.25, -0.2) is 13.8 Å². The molecule has 0 aliphatic rings. The van der Waals surface area contributed by atoms with Crippen molar-refractivity contribution in [1.29, 1.82) is 0 Å². The lowest BCUT2D eigenvalue weighted by Crippen LogP contribution is -2.21. The smallest absolute Gasteiger partial charge is 0.239 e. The summed E-state index contributed by atoms with van der Waals surface area (Å²) >= 11 is 4.24. The first-order chi connectivity index (χ1) is 8.51. The van der Waals surface area contributed by atoms with E-state index in [1.165, 1.54) is 6.07 Å². The molecule has 1 aromatic heterocycles. The number of alkyl halides is 1. The Balaban J connectivity index is 2.31. The van der Waals surface area contributed by atoms with Crippen molar-refractivity contribution in [3.8, 4) is 0 Å². The van der Waals surface area contributed by atoms with Gasteiger partial charge in [-0.1, -0.05) is 34.2 Å². The predicted octanol–water partition coefficient (Wildman–Crippen LogP) is 3.69. The fraction of sp³-hybridized carbons (Fsp3) is 0.273.